The number of halogens is 1. The van der Waals surface area contributed by atoms with Gasteiger partial charge in [0.2, 0.25) is 0 Å². The molecule has 0 radical (unpaired) electrons. The summed E-state index contributed by atoms with van der Waals surface area (Å²) in [5.74, 6) is 5.36. The van der Waals surface area contributed by atoms with Gasteiger partial charge in [-0.1, -0.05) is 23.7 Å². The molecule has 1 heterocycles. The van der Waals surface area contributed by atoms with E-state index in [4.69, 9.17) is 17.4 Å². The molecule has 9 nitrogen and oxygen atoms in total. The molecule has 4 N–H and O–H groups in total. The van der Waals surface area contributed by atoms with Gasteiger partial charge >= 0.3 is 0 Å². The van der Waals surface area contributed by atoms with Crippen molar-refractivity contribution in [1.82, 2.24) is 9.97 Å². The van der Waals surface area contributed by atoms with Gasteiger partial charge in [-0.25, -0.2) is 4.98 Å². The first-order valence-corrected chi connectivity index (χ1v) is 7.68. The number of aliphatic hydroxyl groups is 1. The predicted molar refractivity (Wildman–Crippen MR) is 96.2 cm³/mol. The average Bonchev–Trinajstić information content (AvgIpc) is 2.62. The number of hydrogen-bond acceptors (Lipinski definition) is 7. The molecule has 1 atom stereocenters. The summed E-state index contributed by atoms with van der Waals surface area (Å²) in [4.78, 5) is 29.4. The summed E-state index contributed by atoms with van der Waals surface area (Å²) in [5, 5.41) is 25.3. The van der Waals surface area contributed by atoms with Crippen molar-refractivity contribution in [3.63, 3.8) is 0 Å². The van der Waals surface area contributed by atoms with Gasteiger partial charge in [-0.3, -0.25) is 14.9 Å². The van der Waals surface area contributed by atoms with Crippen LogP contribution in [-0.2, 0) is 0 Å². The number of nitro benzene ring substituents is 1. The third-order valence-electron chi connectivity index (χ3n) is 3.69. The molecule has 0 bridgehead atoms. The van der Waals surface area contributed by atoms with E-state index >= 15 is 0 Å². The van der Waals surface area contributed by atoms with Crippen LogP contribution in [0.1, 0.15) is 17.4 Å². The van der Waals surface area contributed by atoms with E-state index in [-0.39, 0.29) is 22.7 Å². The first-order chi connectivity index (χ1) is 12.4. The smallest absolute Gasteiger partial charge is 0.276 e. The summed E-state index contributed by atoms with van der Waals surface area (Å²) in [6.07, 6.45) is -1.47. The van der Waals surface area contributed by atoms with Crippen LogP contribution >= 0.6 is 11.6 Å². The number of rotatable bonds is 4. The highest BCUT2D eigenvalue weighted by Gasteiger charge is 2.23. The number of hydrazone groups is 1. The molecule has 2 aromatic carbocycles. The maximum absolute atomic E-state index is 12.3. The third kappa shape index (κ3) is 3.25. The molecule has 0 aliphatic heterocycles. The van der Waals surface area contributed by atoms with Crippen LogP contribution in [0.3, 0.4) is 0 Å². The molecule has 0 fully saturated rings. The fraction of sp³-hybridized carbons (Fsp3) is 0.0625. The van der Waals surface area contributed by atoms with Crippen molar-refractivity contribution in [2.75, 3.05) is 0 Å². The lowest BCUT2D eigenvalue weighted by molar-refractivity contribution is -0.385. The van der Waals surface area contributed by atoms with Crippen LogP contribution in [0.4, 0.5) is 5.69 Å². The second-order valence-electron chi connectivity index (χ2n) is 5.34. The molecule has 0 spiro atoms. The molecule has 3 aromatic rings. The molecular formula is C16H12ClN5O4. The first-order valence-electron chi connectivity index (χ1n) is 7.31. The Bertz CT molecular complexity index is 1100. The molecule has 132 valence electrons. The van der Waals surface area contributed by atoms with Gasteiger partial charge in [0, 0.05) is 17.2 Å². The lowest BCUT2D eigenvalue weighted by atomic mass is 10.0. The number of hydrogen-bond donors (Lipinski definition) is 3. The zero-order valence-electron chi connectivity index (χ0n) is 13.1. The molecule has 26 heavy (non-hydrogen) atoms. The molecule has 0 saturated carbocycles. The molecule has 0 aliphatic carbocycles. The van der Waals surface area contributed by atoms with Crippen molar-refractivity contribution in [2.45, 2.75) is 6.10 Å². The Morgan fingerprint density at radius 3 is 2.81 bits per heavy atom. The van der Waals surface area contributed by atoms with Gasteiger partial charge in [0.15, 0.2) is 5.69 Å². The molecule has 0 amide bonds. The monoisotopic (exact) mass is 373 g/mol. The average molecular weight is 374 g/mol. The summed E-state index contributed by atoms with van der Waals surface area (Å²) >= 11 is 5.88. The summed E-state index contributed by atoms with van der Waals surface area (Å²) in [6, 6.07) is 10.0. The minimum Gasteiger partial charge on any atom is -0.382 e. The minimum absolute atomic E-state index is 0.154. The minimum atomic E-state index is -1.47. The van der Waals surface area contributed by atoms with Gasteiger partial charge in [-0.05, 0) is 23.8 Å². The SMILES string of the molecule is N/N=C(\c1nc2ccc(Cl)cc2[nH]c1=O)[C@H](O)c1cccc([N+](=O)[O-])c1. The fourth-order valence-electron chi connectivity index (χ4n) is 2.46. The van der Waals surface area contributed by atoms with E-state index in [1.165, 1.54) is 30.3 Å². The Labute approximate surface area is 150 Å². The van der Waals surface area contributed by atoms with Gasteiger partial charge in [0.05, 0.1) is 16.0 Å². The number of benzene rings is 2. The summed E-state index contributed by atoms with van der Waals surface area (Å²) in [5.41, 5.74) is -0.282. The lowest BCUT2D eigenvalue weighted by Crippen LogP contribution is -2.26. The Kier molecular flexibility index (Phi) is 4.65. The van der Waals surface area contributed by atoms with Gasteiger partial charge < -0.3 is 15.9 Å². The van der Waals surface area contributed by atoms with Crippen molar-refractivity contribution in [2.24, 2.45) is 10.9 Å². The van der Waals surface area contributed by atoms with Gasteiger partial charge in [0.25, 0.3) is 11.2 Å². The van der Waals surface area contributed by atoms with E-state index in [0.29, 0.717) is 16.1 Å². The van der Waals surface area contributed by atoms with Gasteiger partial charge in [0.1, 0.15) is 11.8 Å². The highest BCUT2D eigenvalue weighted by molar-refractivity contribution is 6.31. The van der Waals surface area contributed by atoms with Crippen molar-refractivity contribution >= 4 is 34.0 Å². The van der Waals surface area contributed by atoms with Crippen LogP contribution in [0, 0.1) is 10.1 Å². The van der Waals surface area contributed by atoms with Gasteiger partial charge in [-0.2, -0.15) is 5.10 Å². The maximum atomic E-state index is 12.3. The predicted octanol–water partition coefficient (Wildman–Crippen LogP) is 1.88. The molecule has 0 aliphatic rings. The number of aromatic nitrogens is 2. The largest absolute Gasteiger partial charge is 0.382 e. The van der Waals surface area contributed by atoms with E-state index < -0.39 is 16.6 Å². The van der Waals surface area contributed by atoms with Crippen molar-refractivity contribution in [3.8, 4) is 0 Å². The summed E-state index contributed by atoms with van der Waals surface area (Å²) < 4.78 is 0. The maximum Gasteiger partial charge on any atom is 0.276 e. The molecule has 0 saturated heterocycles. The van der Waals surface area contributed by atoms with Crippen LogP contribution in [0.5, 0.6) is 0 Å². The normalized spacial score (nSPS) is 12.9. The Morgan fingerprint density at radius 1 is 1.35 bits per heavy atom. The number of fused-ring (bicyclic) bond motifs is 1. The number of aliphatic hydroxyl groups excluding tert-OH is 1. The molecule has 0 unspecified atom stereocenters. The number of aromatic amines is 1. The van der Waals surface area contributed by atoms with Crippen LogP contribution in [0.2, 0.25) is 5.02 Å². The molecule has 1 aromatic heterocycles. The van der Waals surface area contributed by atoms with Crippen molar-refractivity contribution < 1.29 is 10.0 Å². The fourth-order valence-corrected chi connectivity index (χ4v) is 2.63. The standard InChI is InChI=1S/C16H12ClN5O4/c17-9-4-5-11-12(7-9)20-16(24)14(19-11)13(21-18)15(23)8-2-1-3-10(6-8)22(25)26/h1-7,15,23H,18H2,(H,20,24)/b21-13+/t15-/m1/s1. The molecule has 10 heteroatoms. The summed E-state index contributed by atoms with van der Waals surface area (Å²) in [6.45, 7) is 0. The van der Waals surface area contributed by atoms with Crippen LogP contribution < -0.4 is 11.4 Å². The number of nitro groups is 1. The van der Waals surface area contributed by atoms with E-state index in [0.717, 1.165) is 0 Å². The highest BCUT2D eigenvalue weighted by Crippen LogP contribution is 2.22. The number of non-ortho nitro benzene ring substituents is 1. The van der Waals surface area contributed by atoms with E-state index in [9.17, 15) is 20.0 Å². The zero-order valence-corrected chi connectivity index (χ0v) is 13.8. The number of nitrogens with one attached hydrogen (secondary N) is 1. The zero-order chi connectivity index (χ0) is 18.8. The van der Waals surface area contributed by atoms with Crippen molar-refractivity contribution in [1.29, 1.82) is 0 Å². The van der Waals surface area contributed by atoms with Crippen LogP contribution in [-0.4, -0.2) is 25.7 Å². The Hall–Kier alpha value is -3.30. The topological polar surface area (TPSA) is 148 Å². The quantitative estimate of drug-likeness (QED) is 0.275. The Balaban J connectivity index is 2.09. The third-order valence-corrected chi connectivity index (χ3v) is 3.93. The van der Waals surface area contributed by atoms with Crippen molar-refractivity contribution in [3.05, 3.63) is 79.2 Å². The summed E-state index contributed by atoms with van der Waals surface area (Å²) in [7, 11) is 0. The van der Waals surface area contributed by atoms with E-state index in [2.05, 4.69) is 15.1 Å². The second-order valence-corrected chi connectivity index (χ2v) is 5.78. The molecular weight excluding hydrogens is 362 g/mol. The second kappa shape index (κ2) is 6.90. The first kappa shape index (κ1) is 17.5. The van der Waals surface area contributed by atoms with Gasteiger partial charge in [-0.15, -0.1) is 0 Å². The van der Waals surface area contributed by atoms with Crippen LogP contribution in [0.25, 0.3) is 11.0 Å². The highest BCUT2D eigenvalue weighted by atomic mass is 35.5. The number of H-pyrrole nitrogens is 1. The Morgan fingerprint density at radius 2 is 2.12 bits per heavy atom. The number of nitrogens with zero attached hydrogens (tertiary/aromatic N) is 3. The lowest BCUT2D eigenvalue weighted by Gasteiger charge is -2.13. The number of nitrogens with two attached hydrogens (primary N) is 1. The van der Waals surface area contributed by atoms with E-state index in [1.807, 2.05) is 0 Å². The van der Waals surface area contributed by atoms with Crippen LogP contribution in [0.15, 0.2) is 52.4 Å². The van der Waals surface area contributed by atoms with E-state index in [1.54, 1.807) is 12.1 Å². The molecule has 3 rings (SSSR count).